The van der Waals surface area contributed by atoms with Crippen LogP contribution in [0.3, 0.4) is 0 Å². The average molecular weight is 404 g/mol. The van der Waals surface area contributed by atoms with Gasteiger partial charge in [0.25, 0.3) is 0 Å². The molecule has 3 aliphatic heterocycles. The van der Waals surface area contributed by atoms with Crippen molar-refractivity contribution in [2.45, 2.75) is 31.6 Å². The van der Waals surface area contributed by atoms with Crippen molar-refractivity contribution in [3.63, 3.8) is 0 Å². The van der Waals surface area contributed by atoms with Gasteiger partial charge in [0, 0.05) is 49.6 Å². The maximum absolute atomic E-state index is 13.5. The molecular weight excluding hydrogens is 385 g/mol. The van der Waals surface area contributed by atoms with E-state index < -0.39 is 17.9 Å². The number of carbonyl (C=O) groups excluding carboxylic acids is 1. The molecule has 29 heavy (non-hydrogen) atoms. The Morgan fingerprint density at radius 1 is 1.34 bits per heavy atom. The van der Waals surface area contributed by atoms with Gasteiger partial charge in [-0.1, -0.05) is 6.08 Å². The Morgan fingerprint density at radius 3 is 2.93 bits per heavy atom. The van der Waals surface area contributed by atoms with Gasteiger partial charge in [-0.15, -0.1) is 0 Å². The summed E-state index contributed by atoms with van der Waals surface area (Å²) in [5.74, 6) is -0.0763. The minimum absolute atomic E-state index is 0.0174. The van der Waals surface area contributed by atoms with Crippen molar-refractivity contribution >= 4 is 12.1 Å². The Morgan fingerprint density at radius 2 is 2.17 bits per heavy atom. The van der Waals surface area contributed by atoms with Gasteiger partial charge in [0.15, 0.2) is 5.69 Å². The van der Waals surface area contributed by atoms with Crippen molar-refractivity contribution in [3.05, 3.63) is 52.0 Å². The first-order valence-corrected chi connectivity index (χ1v) is 9.41. The van der Waals surface area contributed by atoms with Crippen LogP contribution in [0.25, 0.3) is 0 Å². The van der Waals surface area contributed by atoms with Crippen LogP contribution < -0.4 is 10.7 Å². The number of aromatic amines is 1. The van der Waals surface area contributed by atoms with E-state index in [0.717, 1.165) is 22.4 Å². The summed E-state index contributed by atoms with van der Waals surface area (Å²) in [5, 5.41) is 13.3. The topological polar surface area (TPSA) is 85.4 Å². The molecule has 4 heterocycles. The van der Waals surface area contributed by atoms with E-state index in [1.165, 1.54) is 13.1 Å². The van der Waals surface area contributed by atoms with Crippen LogP contribution in [-0.2, 0) is 11.0 Å². The Hall–Kier alpha value is -3.04. The zero-order chi connectivity index (χ0) is 20.3. The van der Waals surface area contributed by atoms with Crippen molar-refractivity contribution in [1.82, 2.24) is 25.8 Å². The maximum Gasteiger partial charge on any atom is 0.435 e. The van der Waals surface area contributed by atoms with Gasteiger partial charge in [-0.05, 0) is 29.2 Å². The van der Waals surface area contributed by atoms with E-state index in [1.54, 1.807) is 4.90 Å². The number of nitrogens with zero attached hydrogens (tertiary/aromatic N) is 3. The number of dihydropyridines is 1. The van der Waals surface area contributed by atoms with E-state index in [-0.39, 0.29) is 30.0 Å². The molecule has 1 aliphatic carbocycles. The van der Waals surface area contributed by atoms with Gasteiger partial charge in [-0.3, -0.25) is 9.89 Å². The number of amides is 1. The van der Waals surface area contributed by atoms with Crippen molar-refractivity contribution in [2.75, 3.05) is 13.1 Å². The minimum Gasteiger partial charge on any atom is -0.374 e. The number of hydrazone groups is 1. The van der Waals surface area contributed by atoms with Crippen molar-refractivity contribution in [3.8, 4) is 0 Å². The smallest absolute Gasteiger partial charge is 0.374 e. The van der Waals surface area contributed by atoms with E-state index in [0.29, 0.717) is 13.0 Å². The zero-order valence-corrected chi connectivity index (χ0v) is 15.5. The Bertz CT molecular complexity index is 1000. The molecule has 1 amide bonds. The molecule has 10 heteroatoms. The summed E-state index contributed by atoms with van der Waals surface area (Å²) in [6.45, 7) is 2.31. The monoisotopic (exact) mass is 404 g/mol. The fourth-order valence-corrected chi connectivity index (χ4v) is 4.64. The summed E-state index contributed by atoms with van der Waals surface area (Å²) in [6.07, 6.45) is 3.02. The van der Waals surface area contributed by atoms with Crippen LogP contribution in [0.5, 0.6) is 0 Å². The van der Waals surface area contributed by atoms with Gasteiger partial charge in [0.05, 0.1) is 12.1 Å². The first-order valence-electron chi connectivity index (χ1n) is 9.41. The first-order chi connectivity index (χ1) is 13.8. The van der Waals surface area contributed by atoms with Crippen molar-refractivity contribution in [1.29, 1.82) is 0 Å². The zero-order valence-electron chi connectivity index (χ0n) is 15.5. The number of carbonyl (C=O) groups is 1. The lowest BCUT2D eigenvalue weighted by Gasteiger charge is -2.42. The highest BCUT2D eigenvalue weighted by Gasteiger charge is 2.44. The highest BCUT2D eigenvalue weighted by Crippen LogP contribution is 2.45. The summed E-state index contributed by atoms with van der Waals surface area (Å²) in [6, 6.07) is -0.680. The summed E-state index contributed by atoms with van der Waals surface area (Å²) in [4.78, 5) is 13.7. The lowest BCUT2D eigenvalue weighted by molar-refractivity contribution is -0.142. The lowest BCUT2D eigenvalue weighted by Crippen LogP contribution is -2.44. The Labute approximate surface area is 164 Å². The molecule has 0 spiro atoms. The molecule has 0 fully saturated rings. The van der Waals surface area contributed by atoms with E-state index in [4.69, 9.17) is 0 Å². The normalized spacial score (nSPS) is 28.0. The Kier molecular flexibility index (Phi) is 3.87. The average Bonchev–Trinajstić information content (AvgIpc) is 3.35. The van der Waals surface area contributed by atoms with E-state index in [1.807, 2.05) is 18.4 Å². The second-order valence-electron chi connectivity index (χ2n) is 7.60. The lowest BCUT2D eigenvalue weighted by atomic mass is 9.74. The van der Waals surface area contributed by atoms with Gasteiger partial charge in [-0.2, -0.15) is 23.4 Å². The van der Waals surface area contributed by atoms with Gasteiger partial charge in [0.1, 0.15) is 0 Å². The molecule has 1 aromatic rings. The molecule has 1 aromatic heterocycles. The SMILES string of the molecule is CC(=O)N1CCC2=C(C1)C(c1c[nH]nc1C(F)(F)F)NC1=C2C2C=NNC2C=C1. The van der Waals surface area contributed by atoms with E-state index in [9.17, 15) is 18.0 Å². The molecule has 152 valence electrons. The fourth-order valence-electron chi connectivity index (χ4n) is 4.64. The maximum atomic E-state index is 13.5. The number of rotatable bonds is 1. The molecule has 0 aromatic carbocycles. The standard InChI is InChI=1S/C19H19F3N6O/c1-9(29)28-5-4-10-13(8-28)17(12-7-24-27-18(12)19(20,21)22)25-15-3-2-14-11(16(10)15)6-23-26-14/h2-3,6-7,11,14,17,25-26H,4-5,8H2,1H3,(H,24,27). The minimum atomic E-state index is -4.57. The summed E-state index contributed by atoms with van der Waals surface area (Å²) in [5.41, 5.74) is 5.81. The molecule has 0 bridgehead atoms. The number of nitrogens with one attached hydrogen (secondary N) is 3. The second kappa shape index (κ2) is 6.23. The van der Waals surface area contributed by atoms with Crippen LogP contribution in [0, 0.1) is 5.92 Å². The van der Waals surface area contributed by atoms with Gasteiger partial charge in [-0.25, -0.2) is 0 Å². The number of hydrogen-bond donors (Lipinski definition) is 3. The highest BCUT2D eigenvalue weighted by atomic mass is 19.4. The predicted octanol–water partition coefficient (Wildman–Crippen LogP) is 2.02. The second-order valence-corrected chi connectivity index (χ2v) is 7.60. The number of aromatic nitrogens is 2. The summed E-state index contributed by atoms with van der Waals surface area (Å²) < 4.78 is 40.6. The molecule has 7 nitrogen and oxygen atoms in total. The quantitative estimate of drug-likeness (QED) is 0.669. The summed E-state index contributed by atoms with van der Waals surface area (Å²) in [7, 11) is 0. The first kappa shape index (κ1) is 18.0. The van der Waals surface area contributed by atoms with Crippen LogP contribution in [0.15, 0.2) is 45.9 Å². The van der Waals surface area contributed by atoms with E-state index >= 15 is 0 Å². The van der Waals surface area contributed by atoms with Crippen LogP contribution in [0.2, 0.25) is 0 Å². The number of allylic oxidation sites excluding steroid dienone is 1. The molecule has 4 aliphatic rings. The third-order valence-electron chi connectivity index (χ3n) is 5.99. The molecule has 3 N–H and O–H groups in total. The Balaban J connectivity index is 1.64. The van der Waals surface area contributed by atoms with E-state index in [2.05, 4.69) is 26.0 Å². The van der Waals surface area contributed by atoms with Crippen molar-refractivity contribution in [2.24, 2.45) is 11.0 Å². The fraction of sp³-hybridized carbons (Fsp3) is 0.421. The highest BCUT2D eigenvalue weighted by molar-refractivity contribution is 5.77. The van der Waals surface area contributed by atoms with Gasteiger partial charge < -0.3 is 15.6 Å². The third kappa shape index (κ3) is 2.77. The van der Waals surface area contributed by atoms with Crippen LogP contribution in [-0.4, -0.2) is 46.4 Å². The molecule has 0 saturated heterocycles. The van der Waals surface area contributed by atoms with Crippen LogP contribution in [0.1, 0.15) is 30.6 Å². The molecule has 3 atom stereocenters. The summed E-state index contributed by atoms with van der Waals surface area (Å²) >= 11 is 0. The molecule has 3 unspecified atom stereocenters. The van der Waals surface area contributed by atoms with Crippen molar-refractivity contribution < 1.29 is 18.0 Å². The molecule has 5 rings (SSSR count). The van der Waals surface area contributed by atoms with Gasteiger partial charge in [0.2, 0.25) is 5.91 Å². The van der Waals surface area contributed by atoms with Gasteiger partial charge >= 0.3 is 6.18 Å². The number of fused-ring (bicyclic) bond motifs is 3. The number of H-pyrrole nitrogens is 1. The predicted molar refractivity (Wildman–Crippen MR) is 98.4 cm³/mol. The number of alkyl halides is 3. The largest absolute Gasteiger partial charge is 0.435 e. The molecular formula is C19H19F3N6O. The number of hydrogen-bond acceptors (Lipinski definition) is 5. The number of halogens is 3. The molecule has 0 saturated carbocycles. The van der Waals surface area contributed by atoms with Crippen LogP contribution >= 0.6 is 0 Å². The van der Waals surface area contributed by atoms with Crippen LogP contribution in [0.4, 0.5) is 13.2 Å². The third-order valence-corrected chi connectivity index (χ3v) is 5.99. The molecule has 0 radical (unpaired) electrons.